The summed E-state index contributed by atoms with van der Waals surface area (Å²) < 4.78 is 0. The van der Waals surface area contributed by atoms with E-state index in [-0.39, 0.29) is 11.9 Å². The van der Waals surface area contributed by atoms with Crippen molar-refractivity contribution in [1.29, 1.82) is 0 Å². The number of para-hydroxylation sites is 1. The van der Waals surface area contributed by atoms with E-state index in [1.165, 1.54) is 0 Å². The number of carbonyl (C=O) groups excluding carboxylic acids is 1. The maximum absolute atomic E-state index is 12.1. The number of benzene rings is 1. The quantitative estimate of drug-likeness (QED) is 0.844. The number of likely N-dealkylation sites (tertiary alicyclic amines) is 1. The molecule has 0 saturated carbocycles. The van der Waals surface area contributed by atoms with E-state index in [1.54, 1.807) is 17.2 Å². The van der Waals surface area contributed by atoms with Crippen molar-refractivity contribution in [2.45, 2.75) is 12.5 Å². The molecule has 1 amide bonds. The fraction of sp³-hybridized carbons (Fsp3) is 0.250. The molecule has 3 rings (SSSR count). The van der Waals surface area contributed by atoms with Gasteiger partial charge >= 0.3 is 0 Å². The molecule has 1 fully saturated rings. The zero-order valence-corrected chi connectivity index (χ0v) is 11.2. The number of pyridine rings is 1. The third-order valence-corrected chi connectivity index (χ3v) is 3.61. The third kappa shape index (κ3) is 2.56. The Balaban J connectivity index is 1.82. The molecule has 0 bridgehead atoms. The van der Waals surface area contributed by atoms with E-state index >= 15 is 0 Å². The van der Waals surface area contributed by atoms with Crippen molar-refractivity contribution >= 4 is 22.9 Å². The molecule has 1 atom stereocenters. The van der Waals surface area contributed by atoms with Crippen LogP contribution >= 0.6 is 0 Å². The van der Waals surface area contributed by atoms with Crippen LogP contribution in [-0.2, 0) is 4.79 Å². The first-order chi connectivity index (χ1) is 9.74. The Morgan fingerprint density at radius 2 is 2.20 bits per heavy atom. The van der Waals surface area contributed by atoms with Gasteiger partial charge in [-0.05, 0) is 18.6 Å². The summed E-state index contributed by atoms with van der Waals surface area (Å²) in [6.07, 6.45) is 6.10. The molecule has 1 aliphatic rings. The van der Waals surface area contributed by atoms with Gasteiger partial charge in [0, 0.05) is 42.4 Å². The van der Waals surface area contributed by atoms with Crippen LogP contribution in [0.3, 0.4) is 0 Å². The number of nitrogens with zero attached hydrogens (tertiary/aromatic N) is 2. The number of aromatic nitrogens is 1. The average molecular weight is 267 g/mol. The lowest BCUT2D eigenvalue weighted by atomic mass is 10.1. The number of rotatable bonds is 2. The fourth-order valence-electron chi connectivity index (χ4n) is 2.52. The first-order valence-electron chi connectivity index (χ1n) is 6.80. The first kappa shape index (κ1) is 12.8. The zero-order valence-electron chi connectivity index (χ0n) is 11.2. The highest BCUT2D eigenvalue weighted by Crippen LogP contribution is 2.17. The number of amides is 1. The molecule has 1 aromatic carbocycles. The molecule has 102 valence electrons. The van der Waals surface area contributed by atoms with Gasteiger partial charge in [-0.2, -0.15) is 0 Å². The number of nitrogens with two attached hydrogens (primary N) is 1. The molecular weight excluding hydrogens is 250 g/mol. The van der Waals surface area contributed by atoms with Crippen LogP contribution in [0.5, 0.6) is 0 Å². The lowest BCUT2D eigenvalue weighted by Gasteiger charge is -2.12. The summed E-state index contributed by atoms with van der Waals surface area (Å²) in [6, 6.07) is 10.00. The molecular formula is C16H17N3O. The molecule has 2 heterocycles. The van der Waals surface area contributed by atoms with Gasteiger partial charge in [0.2, 0.25) is 5.91 Å². The van der Waals surface area contributed by atoms with Gasteiger partial charge in [0.25, 0.3) is 0 Å². The highest BCUT2D eigenvalue weighted by Gasteiger charge is 2.21. The van der Waals surface area contributed by atoms with Gasteiger partial charge in [0.05, 0.1) is 5.52 Å². The van der Waals surface area contributed by atoms with Crippen molar-refractivity contribution in [3.8, 4) is 0 Å². The van der Waals surface area contributed by atoms with Gasteiger partial charge < -0.3 is 10.6 Å². The van der Waals surface area contributed by atoms with Crippen LogP contribution in [0.15, 0.2) is 42.6 Å². The van der Waals surface area contributed by atoms with Crippen LogP contribution in [-0.4, -0.2) is 34.9 Å². The summed E-state index contributed by atoms with van der Waals surface area (Å²) in [5.74, 6) is 0.0193. The van der Waals surface area contributed by atoms with Crippen LogP contribution in [0.2, 0.25) is 0 Å². The number of carbonyl (C=O) groups is 1. The monoisotopic (exact) mass is 267 g/mol. The van der Waals surface area contributed by atoms with Crippen molar-refractivity contribution in [1.82, 2.24) is 9.88 Å². The second kappa shape index (κ2) is 5.43. The van der Waals surface area contributed by atoms with Crippen LogP contribution in [0.25, 0.3) is 17.0 Å². The van der Waals surface area contributed by atoms with Gasteiger partial charge in [0.15, 0.2) is 0 Å². The second-order valence-electron chi connectivity index (χ2n) is 5.09. The van der Waals surface area contributed by atoms with Crippen molar-refractivity contribution in [3.05, 3.63) is 48.2 Å². The topological polar surface area (TPSA) is 59.2 Å². The SMILES string of the molecule is N[C@@H]1CCN(C(=O)C=Cc2cccc3cccnc23)C1. The van der Waals surface area contributed by atoms with E-state index in [2.05, 4.69) is 4.98 Å². The lowest BCUT2D eigenvalue weighted by molar-refractivity contribution is -0.124. The van der Waals surface area contributed by atoms with Crippen LogP contribution < -0.4 is 5.73 Å². The van der Waals surface area contributed by atoms with E-state index in [0.717, 1.165) is 29.4 Å². The summed E-state index contributed by atoms with van der Waals surface area (Å²) in [5.41, 5.74) is 7.69. The van der Waals surface area contributed by atoms with Crippen LogP contribution in [0.4, 0.5) is 0 Å². The van der Waals surface area contributed by atoms with Crippen LogP contribution in [0.1, 0.15) is 12.0 Å². The second-order valence-corrected chi connectivity index (χ2v) is 5.09. The summed E-state index contributed by atoms with van der Waals surface area (Å²) in [7, 11) is 0. The number of hydrogen-bond donors (Lipinski definition) is 1. The average Bonchev–Trinajstić information content (AvgIpc) is 2.91. The predicted molar refractivity (Wildman–Crippen MR) is 79.9 cm³/mol. The summed E-state index contributed by atoms with van der Waals surface area (Å²) in [4.78, 5) is 18.2. The molecule has 20 heavy (non-hydrogen) atoms. The molecule has 1 aromatic heterocycles. The summed E-state index contributed by atoms with van der Waals surface area (Å²) in [5, 5.41) is 1.07. The van der Waals surface area contributed by atoms with Crippen molar-refractivity contribution in [2.24, 2.45) is 5.73 Å². The minimum absolute atomic E-state index is 0.0193. The Labute approximate surface area is 117 Å². The lowest BCUT2D eigenvalue weighted by Crippen LogP contribution is -2.30. The van der Waals surface area contributed by atoms with Crippen molar-refractivity contribution < 1.29 is 4.79 Å². The van der Waals surface area contributed by atoms with Crippen molar-refractivity contribution in [3.63, 3.8) is 0 Å². The predicted octanol–water partition coefficient (Wildman–Crippen LogP) is 1.81. The largest absolute Gasteiger partial charge is 0.338 e. The van der Waals surface area contributed by atoms with Gasteiger partial charge in [-0.1, -0.05) is 24.3 Å². The Kier molecular flexibility index (Phi) is 3.48. The van der Waals surface area contributed by atoms with Gasteiger partial charge in [-0.15, -0.1) is 0 Å². The first-order valence-corrected chi connectivity index (χ1v) is 6.80. The molecule has 0 radical (unpaired) electrons. The molecule has 0 unspecified atom stereocenters. The standard InChI is InChI=1S/C16H17N3O/c17-14-8-10-19(11-14)15(20)7-6-13-4-1-3-12-5-2-9-18-16(12)13/h1-7,9,14H,8,10-11,17H2/t14-/m1/s1. The number of fused-ring (bicyclic) bond motifs is 1. The Morgan fingerprint density at radius 3 is 3.00 bits per heavy atom. The van der Waals surface area contributed by atoms with E-state index in [1.807, 2.05) is 36.4 Å². The molecule has 2 N–H and O–H groups in total. The maximum Gasteiger partial charge on any atom is 0.246 e. The zero-order chi connectivity index (χ0) is 13.9. The highest BCUT2D eigenvalue weighted by molar-refractivity contribution is 5.95. The highest BCUT2D eigenvalue weighted by atomic mass is 16.2. The molecule has 4 nitrogen and oxygen atoms in total. The van der Waals surface area contributed by atoms with E-state index in [4.69, 9.17) is 5.73 Å². The Hall–Kier alpha value is -2.20. The third-order valence-electron chi connectivity index (χ3n) is 3.61. The van der Waals surface area contributed by atoms with E-state index < -0.39 is 0 Å². The van der Waals surface area contributed by atoms with Crippen LogP contribution in [0, 0.1) is 0 Å². The van der Waals surface area contributed by atoms with E-state index in [9.17, 15) is 4.79 Å². The molecule has 0 aliphatic carbocycles. The fourth-order valence-corrected chi connectivity index (χ4v) is 2.52. The molecule has 1 aliphatic heterocycles. The molecule has 1 saturated heterocycles. The van der Waals surface area contributed by atoms with E-state index in [0.29, 0.717) is 6.54 Å². The van der Waals surface area contributed by atoms with Gasteiger partial charge in [-0.3, -0.25) is 9.78 Å². The summed E-state index contributed by atoms with van der Waals surface area (Å²) >= 11 is 0. The van der Waals surface area contributed by atoms with Gasteiger partial charge in [0.1, 0.15) is 0 Å². The Bertz CT molecular complexity index is 660. The molecule has 0 spiro atoms. The maximum atomic E-state index is 12.1. The van der Waals surface area contributed by atoms with Crippen molar-refractivity contribution in [2.75, 3.05) is 13.1 Å². The molecule has 4 heteroatoms. The minimum Gasteiger partial charge on any atom is -0.338 e. The normalized spacial score (nSPS) is 19.1. The van der Waals surface area contributed by atoms with Gasteiger partial charge in [-0.25, -0.2) is 0 Å². The Morgan fingerprint density at radius 1 is 1.35 bits per heavy atom. The summed E-state index contributed by atoms with van der Waals surface area (Å²) in [6.45, 7) is 1.40. The number of hydrogen-bond acceptors (Lipinski definition) is 3. The molecule has 2 aromatic rings. The minimum atomic E-state index is 0.0193. The smallest absolute Gasteiger partial charge is 0.246 e.